The molecule has 0 spiro atoms. The maximum atomic E-state index is 13.5. The Morgan fingerprint density at radius 2 is 1.90 bits per heavy atom. The van der Waals surface area contributed by atoms with Crippen molar-refractivity contribution >= 4 is 6.09 Å². The van der Waals surface area contributed by atoms with Crippen LogP contribution in [0.4, 0.5) is 13.6 Å². The molecule has 31 heavy (non-hydrogen) atoms. The van der Waals surface area contributed by atoms with Crippen molar-refractivity contribution < 1.29 is 28.2 Å². The smallest absolute Gasteiger partial charge is 0.410 e. The summed E-state index contributed by atoms with van der Waals surface area (Å²) in [4.78, 5) is 14.5. The van der Waals surface area contributed by atoms with Gasteiger partial charge in [-0.25, -0.2) is 13.6 Å². The molecule has 0 aliphatic carbocycles. The van der Waals surface area contributed by atoms with E-state index in [1.54, 1.807) is 25.7 Å². The van der Waals surface area contributed by atoms with Crippen LogP contribution in [0.1, 0.15) is 65.5 Å². The number of hydrogen-bond donors (Lipinski definition) is 2. The normalized spacial score (nSPS) is 21.8. The van der Waals surface area contributed by atoms with Crippen molar-refractivity contribution in [2.24, 2.45) is 11.7 Å². The zero-order valence-electron chi connectivity index (χ0n) is 19.1. The van der Waals surface area contributed by atoms with Gasteiger partial charge in [0.15, 0.2) is 0 Å². The van der Waals surface area contributed by atoms with Gasteiger partial charge in [-0.3, -0.25) is 0 Å². The van der Waals surface area contributed by atoms with Crippen molar-refractivity contribution in [3.63, 3.8) is 0 Å². The summed E-state index contributed by atoms with van der Waals surface area (Å²) in [6, 6.07) is 1.57. The minimum Gasteiger partial charge on any atom is -0.444 e. The van der Waals surface area contributed by atoms with E-state index in [0.29, 0.717) is 12.5 Å². The SMILES string of the molecule is CC(C)CCC1CN(C(=O)OC(C)(C)C)C(CC(N)C(O)c2cc(F)cc(F)c2)CO1. The van der Waals surface area contributed by atoms with E-state index in [2.05, 4.69) is 13.8 Å². The van der Waals surface area contributed by atoms with E-state index in [-0.39, 0.29) is 24.7 Å². The Labute approximate surface area is 183 Å². The Bertz CT molecular complexity index is 719. The van der Waals surface area contributed by atoms with E-state index in [1.807, 2.05) is 0 Å². The number of benzene rings is 1. The number of hydrogen-bond acceptors (Lipinski definition) is 5. The lowest BCUT2D eigenvalue weighted by atomic mass is 9.95. The number of aliphatic hydroxyl groups is 1. The van der Waals surface area contributed by atoms with Crippen molar-refractivity contribution in [3.8, 4) is 0 Å². The predicted octanol–water partition coefficient (Wildman–Crippen LogP) is 4.16. The number of carbonyl (C=O) groups is 1. The zero-order chi connectivity index (χ0) is 23.3. The summed E-state index contributed by atoms with van der Waals surface area (Å²) >= 11 is 0. The third-order valence-corrected chi connectivity index (χ3v) is 5.24. The third kappa shape index (κ3) is 8.01. The molecule has 4 atom stereocenters. The molecular weight excluding hydrogens is 406 g/mol. The maximum absolute atomic E-state index is 13.5. The minimum atomic E-state index is -1.29. The molecule has 4 unspecified atom stereocenters. The molecule has 1 saturated heterocycles. The minimum absolute atomic E-state index is 0.0559. The third-order valence-electron chi connectivity index (χ3n) is 5.24. The van der Waals surface area contributed by atoms with Crippen LogP contribution in [0, 0.1) is 17.6 Å². The van der Waals surface area contributed by atoms with E-state index in [0.717, 1.165) is 31.0 Å². The standard InChI is InChI=1S/C23H36F2N2O4/c1-14(2)6-7-19-12-27(22(29)31-23(3,4)5)18(13-30-19)11-20(26)21(28)15-8-16(24)10-17(25)9-15/h8-10,14,18-21,28H,6-7,11-13,26H2,1-5H3. The van der Waals surface area contributed by atoms with Gasteiger partial charge in [-0.15, -0.1) is 0 Å². The van der Waals surface area contributed by atoms with Gasteiger partial charge in [-0.05, 0) is 63.6 Å². The molecule has 8 heteroatoms. The van der Waals surface area contributed by atoms with E-state index in [1.165, 1.54) is 0 Å². The van der Waals surface area contributed by atoms with Gasteiger partial charge in [0.05, 0.1) is 31.4 Å². The van der Waals surface area contributed by atoms with Crippen LogP contribution in [0.3, 0.4) is 0 Å². The topological polar surface area (TPSA) is 85.0 Å². The molecule has 1 aromatic rings. The Morgan fingerprint density at radius 3 is 2.45 bits per heavy atom. The molecule has 6 nitrogen and oxygen atoms in total. The molecule has 1 aromatic carbocycles. The highest BCUT2D eigenvalue weighted by molar-refractivity contribution is 5.68. The number of morpholine rings is 1. The zero-order valence-corrected chi connectivity index (χ0v) is 19.1. The lowest BCUT2D eigenvalue weighted by Crippen LogP contribution is -2.55. The average molecular weight is 443 g/mol. The highest BCUT2D eigenvalue weighted by atomic mass is 19.1. The molecule has 2 rings (SSSR count). The Hall–Kier alpha value is -1.77. The fourth-order valence-electron chi connectivity index (χ4n) is 3.63. The van der Waals surface area contributed by atoms with Gasteiger partial charge in [-0.1, -0.05) is 13.8 Å². The Morgan fingerprint density at radius 1 is 1.29 bits per heavy atom. The number of nitrogens with two attached hydrogens (primary N) is 1. The van der Waals surface area contributed by atoms with Gasteiger partial charge in [0, 0.05) is 12.1 Å². The van der Waals surface area contributed by atoms with Gasteiger partial charge < -0.3 is 25.2 Å². The molecule has 0 saturated carbocycles. The Kier molecular flexibility index (Phi) is 8.80. The van der Waals surface area contributed by atoms with Crippen LogP contribution in [0.5, 0.6) is 0 Å². The van der Waals surface area contributed by atoms with E-state index in [4.69, 9.17) is 15.2 Å². The summed E-state index contributed by atoms with van der Waals surface area (Å²) in [6.07, 6.45) is 0.125. The van der Waals surface area contributed by atoms with Gasteiger partial charge in [-0.2, -0.15) is 0 Å². The summed E-state index contributed by atoms with van der Waals surface area (Å²) in [5.74, 6) is -1.05. The number of halogens is 2. The quantitative estimate of drug-likeness (QED) is 0.662. The van der Waals surface area contributed by atoms with E-state index >= 15 is 0 Å². The number of carbonyl (C=O) groups excluding carboxylic acids is 1. The molecule has 1 aliphatic rings. The number of aliphatic hydroxyl groups excluding tert-OH is 1. The summed E-state index contributed by atoms with van der Waals surface area (Å²) in [5, 5.41) is 10.5. The second-order valence-corrected chi connectivity index (χ2v) is 9.76. The maximum Gasteiger partial charge on any atom is 0.410 e. The summed E-state index contributed by atoms with van der Waals surface area (Å²) in [5.41, 5.74) is 5.57. The lowest BCUT2D eigenvalue weighted by Gasteiger charge is -2.41. The van der Waals surface area contributed by atoms with Gasteiger partial charge in [0.2, 0.25) is 0 Å². The van der Waals surface area contributed by atoms with Gasteiger partial charge in [0.25, 0.3) is 0 Å². The second kappa shape index (κ2) is 10.7. The average Bonchev–Trinajstić information content (AvgIpc) is 2.64. The van der Waals surface area contributed by atoms with Crippen molar-refractivity contribution in [1.82, 2.24) is 4.90 Å². The fourth-order valence-corrected chi connectivity index (χ4v) is 3.63. The van der Waals surface area contributed by atoms with Crippen molar-refractivity contribution in [2.45, 2.75) is 83.8 Å². The van der Waals surface area contributed by atoms with Crippen molar-refractivity contribution in [2.75, 3.05) is 13.2 Å². The predicted molar refractivity (Wildman–Crippen MR) is 114 cm³/mol. The first-order chi connectivity index (χ1) is 14.4. The highest BCUT2D eigenvalue weighted by Gasteiger charge is 2.36. The largest absolute Gasteiger partial charge is 0.444 e. The second-order valence-electron chi connectivity index (χ2n) is 9.76. The van der Waals surface area contributed by atoms with Crippen LogP contribution >= 0.6 is 0 Å². The molecular formula is C23H36F2N2O4. The van der Waals surface area contributed by atoms with E-state index < -0.39 is 41.5 Å². The Balaban J connectivity index is 2.12. The number of amides is 1. The molecule has 0 aromatic heterocycles. The van der Waals surface area contributed by atoms with Crippen LogP contribution in [0.25, 0.3) is 0 Å². The van der Waals surface area contributed by atoms with Gasteiger partial charge in [0.1, 0.15) is 17.2 Å². The monoisotopic (exact) mass is 442 g/mol. The first kappa shape index (κ1) is 25.5. The number of rotatable bonds is 7. The van der Waals surface area contributed by atoms with Crippen LogP contribution in [-0.2, 0) is 9.47 Å². The number of nitrogens with zero attached hydrogens (tertiary/aromatic N) is 1. The van der Waals surface area contributed by atoms with Crippen LogP contribution in [0.15, 0.2) is 18.2 Å². The molecule has 1 amide bonds. The summed E-state index contributed by atoms with van der Waals surface area (Å²) in [7, 11) is 0. The molecule has 1 heterocycles. The summed E-state index contributed by atoms with van der Waals surface area (Å²) < 4.78 is 38.6. The molecule has 3 N–H and O–H groups in total. The van der Waals surface area contributed by atoms with Crippen LogP contribution < -0.4 is 5.73 Å². The first-order valence-electron chi connectivity index (χ1n) is 10.9. The molecule has 176 valence electrons. The molecule has 1 aliphatic heterocycles. The highest BCUT2D eigenvalue weighted by Crippen LogP contribution is 2.26. The van der Waals surface area contributed by atoms with Crippen molar-refractivity contribution in [3.05, 3.63) is 35.4 Å². The lowest BCUT2D eigenvalue weighted by molar-refractivity contribution is -0.0781. The van der Waals surface area contributed by atoms with Gasteiger partial charge >= 0.3 is 6.09 Å². The van der Waals surface area contributed by atoms with Crippen molar-refractivity contribution in [1.29, 1.82) is 0 Å². The number of ether oxygens (including phenoxy) is 2. The fraction of sp³-hybridized carbons (Fsp3) is 0.696. The molecule has 1 fully saturated rings. The summed E-state index contributed by atoms with van der Waals surface area (Å²) in [6.45, 7) is 10.3. The molecule has 0 bridgehead atoms. The molecule has 0 radical (unpaired) electrons. The first-order valence-corrected chi connectivity index (χ1v) is 10.9. The van der Waals surface area contributed by atoms with Crippen LogP contribution in [0.2, 0.25) is 0 Å². The van der Waals surface area contributed by atoms with Crippen LogP contribution in [-0.4, -0.2) is 53.0 Å². The van der Waals surface area contributed by atoms with E-state index in [9.17, 15) is 18.7 Å².